The Morgan fingerprint density at radius 3 is 2.53 bits per heavy atom. The molecule has 108 valence electrons. The van der Waals surface area contributed by atoms with Gasteiger partial charge >= 0.3 is 0 Å². The third-order valence-corrected chi connectivity index (χ3v) is 5.63. The largest absolute Gasteiger partial charge is 0.311 e. The van der Waals surface area contributed by atoms with Gasteiger partial charge < -0.3 is 5.32 Å². The highest BCUT2D eigenvalue weighted by Gasteiger charge is 2.35. The minimum absolute atomic E-state index is 0.767. The molecule has 0 aromatic rings. The Balaban J connectivity index is 1.62. The van der Waals surface area contributed by atoms with Gasteiger partial charge in [0, 0.05) is 31.2 Å². The lowest BCUT2D eigenvalue weighted by Gasteiger charge is -2.46. The van der Waals surface area contributed by atoms with Crippen LogP contribution in [0.25, 0.3) is 0 Å². The van der Waals surface area contributed by atoms with E-state index >= 15 is 0 Å². The Labute approximate surface area is 118 Å². The van der Waals surface area contributed by atoms with Gasteiger partial charge in [-0.15, -0.1) is 0 Å². The topological polar surface area (TPSA) is 15.3 Å². The van der Waals surface area contributed by atoms with E-state index in [1.807, 2.05) is 0 Å². The average molecular weight is 262 g/mol. The summed E-state index contributed by atoms with van der Waals surface area (Å²) < 4.78 is 0. The fourth-order valence-corrected chi connectivity index (χ4v) is 4.40. The first-order valence-electron chi connectivity index (χ1n) is 8.52. The van der Waals surface area contributed by atoms with E-state index in [9.17, 15) is 0 Å². The number of nitrogens with one attached hydrogen (secondary N) is 1. The molecule has 0 aromatic heterocycles. The second kappa shape index (κ2) is 6.41. The van der Waals surface area contributed by atoms with E-state index in [0.717, 1.165) is 24.0 Å². The first-order chi connectivity index (χ1) is 9.38. The van der Waals surface area contributed by atoms with Crippen molar-refractivity contribution in [3.05, 3.63) is 12.2 Å². The van der Waals surface area contributed by atoms with Gasteiger partial charge in [-0.2, -0.15) is 0 Å². The van der Waals surface area contributed by atoms with Crippen molar-refractivity contribution in [2.24, 2.45) is 5.92 Å². The molecule has 1 N–H and O–H groups in total. The van der Waals surface area contributed by atoms with E-state index in [-0.39, 0.29) is 0 Å². The number of piperazine rings is 1. The Bertz CT molecular complexity index is 296. The summed E-state index contributed by atoms with van der Waals surface area (Å²) in [6, 6.07) is 2.34. The molecule has 19 heavy (non-hydrogen) atoms. The molecule has 2 nitrogen and oxygen atoms in total. The molecule has 2 aliphatic carbocycles. The zero-order chi connectivity index (χ0) is 13.1. The van der Waals surface area contributed by atoms with Gasteiger partial charge in [-0.1, -0.05) is 38.3 Å². The summed E-state index contributed by atoms with van der Waals surface area (Å²) >= 11 is 0. The maximum Gasteiger partial charge on any atom is 0.0224 e. The van der Waals surface area contributed by atoms with Gasteiger partial charge in [-0.05, 0) is 38.0 Å². The van der Waals surface area contributed by atoms with Gasteiger partial charge in [0.25, 0.3) is 0 Å². The molecule has 0 radical (unpaired) electrons. The van der Waals surface area contributed by atoms with E-state index in [4.69, 9.17) is 0 Å². The van der Waals surface area contributed by atoms with Crippen LogP contribution in [0.1, 0.15) is 58.3 Å². The zero-order valence-electron chi connectivity index (χ0n) is 12.5. The molecule has 2 fully saturated rings. The van der Waals surface area contributed by atoms with Crippen LogP contribution in [0.5, 0.6) is 0 Å². The van der Waals surface area contributed by atoms with Gasteiger partial charge in [0.1, 0.15) is 0 Å². The maximum atomic E-state index is 3.88. The number of hydrogen-bond acceptors (Lipinski definition) is 2. The van der Waals surface area contributed by atoms with Crippen LogP contribution in [0.15, 0.2) is 12.2 Å². The second-order valence-electron chi connectivity index (χ2n) is 6.77. The monoisotopic (exact) mass is 262 g/mol. The van der Waals surface area contributed by atoms with Crippen LogP contribution < -0.4 is 5.32 Å². The molecule has 0 amide bonds. The van der Waals surface area contributed by atoms with Gasteiger partial charge in [-0.25, -0.2) is 0 Å². The predicted molar refractivity (Wildman–Crippen MR) is 81.3 cm³/mol. The molecule has 3 aliphatic rings. The summed E-state index contributed by atoms with van der Waals surface area (Å²) in [5.41, 5.74) is 0. The lowest BCUT2D eigenvalue weighted by Crippen LogP contribution is -2.61. The standard InChI is InChI=1S/C17H30N2/c1-2-15-12-18-17(14-8-4-3-5-9-14)13-19(15)16-10-6-7-11-16/h6-7,14-18H,2-5,8-13H2,1H3. The Morgan fingerprint density at radius 2 is 1.84 bits per heavy atom. The molecule has 2 heteroatoms. The van der Waals surface area contributed by atoms with Crippen molar-refractivity contribution in [1.82, 2.24) is 10.2 Å². The van der Waals surface area contributed by atoms with Gasteiger partial charge in [-0.3, -0.25) is 4.90 Å². The fraction of sp³-hybridized carbons (Fsp3) is 0.882. The Hall–Kier alpha value is -0.340. The SMILES string of the molecule is CCC1CNC(C2CCCCC2)CN1C1CC=CC1. The first kappa shape index (κ1) is 13.6. The normalized spacial score (nSPS) is 35.0. The average Bonchev–Trinajstić information content (AvgIpc) is 3.01. The summed E-state index contributed by atoms with van der Waals surface area (Å²) in [4.78, 5) is 2.84. The minimum atomic E-state index is 0.767. The van der Waals surface area contributed by atoms with Gasteiger partial charge in [0.05, 0.1) is 0 Å². The molecule has 0 bridgehead atoms. The Morgan fingerprint density at radius 1 is 1.11 bits per heavy atom. The van der Waals surface area contributed by atoms with Gasteiger partial charge in [0.15, 0.2) is 0 Å². The fourth-order valence-electron chi connectivity index (χ4n) is 4.40. The lowest BCUT2D eigenvalue weighted by molar-refractivity contribution is 0.0599. The van der Waals surface area contributed by atoms with Crippen molar-refractivity contribution in [3.8, 4) is 0 Å². The quantitative estimate of drug-likeness (QED) is 0.785. The van der Waals surface area contributed by atoms with Crippen molar-refractivity contribution >= 4 is 0 Å². The molecule has 2 unspecified atom stereocenters. The number of nitrogens with zero attached hydrogens (tertiary/aromatic N) is 1. The molecular weight excluding hydrogens is 232 g/mol. The van der Waals surface area contributed by atoms with Crippen LogP contribution in [-0.4, -0.2) is 36.1 Å². The van der Waals surface area contributed by atoms with Crippen LogP contribution in [-0.2, 0) is 0 Å². The summed E-state index contributed by atoms with van der Waals surface area (Å²) in [6.07, 6.45) is 16.0. The molecular formula is C17H30N2. The summed E-state index contributed by atoms with van der Waals surface area (Å²) in [5, 5.41) is 3.88. The molecule has 1 saturated carbocycles. The minimum Gasteiger partial charge on any atom is -0.311 e. The van der Waals surface area contributed by atoms with Crippen molar-refractivity contribution in [3.63, 3.8) is 0 Å². The summed E-state index contributed by atoms with van der Waals surface area (Å²) in [5.74, 6) is 0.948. The highest BCUT2D eigenvalue weighted by Crippen LogP contribution is 2.30. The van der Waals surface area contributed by atoms with E-state index < -0.39 is 0 Å². The molecule has 1 aliphatic heterocycles. The van der Waals surface area contributed by atoms with Crippen molar-refractivity contribution in [2.45, 2.75) is 76.4 Å². The maximum absolute atomic E-state index is 3.88. The highest BCUT2D eigenvalue weighted by atomic mass is 15.3. The van der Waals surface area contributed by atoms with Crippen LogP contribution in [0.4, 0.5) is 0 Å². The molecule has 2 atom stereocenters. The molecule has 1 saturated heterocycles. The van der Waals surface area contributed by atoms with Crippen LogP contribution in [0.2, 0.25) is 0 Å². The van der Waals surface area contributed by atoms with E-state index in [2.05, 4.69) is 29.3 Å². The molecule has 1 heterocycles. The lowest BCUT2D eigenvalue weighted by atomic mass is 9.82. The zero-order valence-corrected chi connectivity index (χ0v) is 12.5. The first-order valence-corrected chi connectivity index (χ1v) is 8.52. The van der Waals surface area contributed by atoms with Gasteiger partial charge in [0.2, 0.25) is 0 Å². The number of rotatable bonds is 3. The summed E-state index contributed by atoms with van der Waals surface area (Å²) in [7, 11) is 0. The van der Waals surface area contributed by atoms with Crippen molar-refractivity contribution < 1.29 is 0 Å². The van der Waals surface area contributed by atoms with E-state index in [0.29, 0.717) is 0 Å². The van der Waals surface area contributed by atoms with Crippen LogP contribution in [0.3, 0.4) is 0 Å². The van der Waals surface area contributed by atoms with Crippen LogP contribution >= 0.6 is 0 Å². The second-order valence-corrected chi connectivity index (χ2v) is 6.77. The third kappa shape index (κ3) is 3.05. The molecule has 0 aromatic carbocycles. The number of hydrogen-bond donors (Lipinski definition) is 1. The van der Waals surface area contributed by atoms with Crippen molar-refractivity contribution in [2.75, 3.05) is 13.1 Å². The summed E-state index contributed by atoms with van der Waals surface area (Å²) in [6.45, 7) is 4.87. The predicted octanol–water partition coefficient (Wildman–Crippen LogP) is 3.34. The van der Waals surface area contributed by atoms with Crippen LogP contribution in [0, 0.1) is 5.92 Å². The molecule has 3 rings (SSSR count). The van der Waals surface area contributed by atoms with Crippen molar-refractivity contribution in [1.29, 1.82) is 0 Å². The highest BCUT2D eigenvalue weighted by molar-refractivity contribution is 5.02. The third-order valence-electron chi connectivity index (χ3n) is 5.63. The van der Waals surface area contributed by atoms with E-state index in [1.165, 1.54) is 64.5 Å². The molecule has 0 spiro atoms. The van der Waals surface area contributed by atoms with E-state index in [1.54, 1.807) is 0 Å². The smallest absolute Gasteiger partial charge is 0.0224 e. The Kier molecular flexibility index (Phi) is 4.60.